The summed E-state index contributed by atoms with van der Waals surface area (Å²) in [6, 6.07) is 14.5. The van der Waals surface area contributed by atoms with Crippen LogP contribution in [0.4, 0.5) is 0 Å². The molecule has 0 bridgehead atoms. The summed E-state index contributed by atoms with van der Waals surface area (Å²) in [4.78, 5) is 27.8. The van der Waals surface area contributed by atoms with E-state index in [0.29, 0.717) is 34.3 Å². The molecule has 0 spiro atoms. The lowest BCUT2D eigenvalue weighted by Crippen LogP contribution is -2.29. The van der Waals surface area contributed by atoms with Crippen molar-refractivity contribution in [2.24, 2.45) is 0 Å². The van der Waals surface area contributed by atoms with Gasteiger partial charge in [-0.3, -0.25) is 9.59 Å². The summed E-state index contributed by atoms with van der Waals surface area (Å²) >= 11 is 0. The number of para-hydroxylation sites is 1. The third-order valence-electron chi connectivity index (χ3n) is 5.77. The zero-order valence-corrected chi connectivity index (χ0v) is 19.3. The van der Waals surface area contributed by atoms with Crippen LogP contribution in [-0.2, 0) is 16.1 Å². The number of nitrogens with zero attached hydrogens (tertiary/aromatic N) is 1. The van der Waals surface area contributed by atoms with Crippen molar-refractivity contribution in [3.63, 3.8) is 0 Å². The van der Waals surface area contributed by atoms with Crippen LogP contribution in [-0.4, -0.2) is 43.0 Å². The first kappa shape index (κ1) is 23.0. The number of ether oxygens (including phenoxy) is 3. The first-order valence-electron chi connectivity index (χ1n) is 10.6. The Balaban J connectivity index is 1.88. The van der Waals surface area contributed by atoms with Crippen molar-refractivity contribution in [3.8, 4) is 17.2 Å². The number of ketones is 1. The highest BCUT2D eigenvalue weighted by molar-refractivity contribution is 6.46. The maximum Gasteiger partial charge on any atom is 0.296 e. The van der Waals surface area contributed by atoms with Crippen molar-refractivity contribution in [3.05, 3.63) is 82.8 Å². The standard InChI is InChI=1S/C26H25NO7/c1-15-9-12-20(34-15)23-22(24(28)18-11-10-17(31-2)13-21(18)33-4)25(29)26(30)27(23)14-16-7-5-6-8-19(16)32-3/h5-13,23,28H,14H2,1-4H3/b24-22+. The molecule has 176 valence electrons. The molecule has 3 aromatic rings. The molecule has 8 heteroatoms. The van der Waals surface area contributed by atoms with Crippen LogP contribution in [0.15, 0.2) is 64.6 Å². The van der Waals surface area contributed by atoms with Gasteiger partial charge in [-0.25, -0.2) is 0 Å². The Morgan fingerprint density at radius 3 is 2.35 bits per heavy atom. The minimum Gasteiger partial charge on any atom is -0.507 e. The Bertz CT molecular complexity index is 1270. The van der Waals surface area contributed by atoms with Gasteiger partial charge in [0.15, 0.2) is 0 Å². The molecule has 0 saturated carbocycles. The van der Waals surface area contributed by atoms with Gasteiger partial charge in [0, 0.05) is 11.6 Å². The van der Waals surface area contributed by atoms with Gasteiger partial charge >= 0.3 is 0 Å². The zero-order chi connectivity index (χ0) is 24.4. The van der Waals surface area contributed by atoms with Gasteiger partial charge in [-0.2, -0.15) is 0 Å². The molecule has 1 amide bonds. The van der Waals surface area contributed by atoms with Gasteiger partial charge in [0.1, 0.15) is 40.6 Å². The van der Waals surface area contributed by atoms with E-state index in [1.54, 1.807) is 43.3 Å². The summed E-state index contributed by atoms with van der Waals surface area (Å²) in [6.07, 6.45) is 0. The lowest BCUT2D eigenvalue weighted by Gasteiger charge is -2.24. The topological polar surface area (TPSA) is 98.4 Å². The van der Waals surface area contributed by atoms with Gasteiger partial charge in [0.25, 0.3) is 11.7 Å². The highest BCUT2D eigenvalue weighted by atomic mass is 16.5. The predicted octanol–water partition coefficient (Wildman–Crippen LogP) is 4.24. The first-order valence-corrected chi connectivity index (χ1v) is 10.6. The average Bonchev–Trinajstić information content (AvgIpc) is 3.39. The number of aliphatic hydroxyl groups is 1. The number of aliphatic hydroxyl groups excluding tert-OH is 1. The summed E-state index contributed by atoms with van der Waals surface area (Å²) in [5.41, 5.74) is 0.881. The second-order valence-corrected chi connectivity index (χ2v) is 7.75. The molecule has 1 saturated heterocycles. The Labute approximate surface area is 197 Å². The van der Waals surface area contributed by atoms with E-state index in [0.717, 1.165) is 0 Å². The van der Waals surface area contributed by atoms with E-state index in [4.69, 9.17) is 18.6 Å². The molecule has 1 unspecified atom stereocenters. The lowest BCUT2D eigenvalue weighted by atomic mass is 9.98. The Morgan fingerprint density at radius 1 is 0.971 bits per heavy atom. The molecule has 1 aliphatic heterocycles. The highest BCUT2D eigenvalue weighted by Gasteiger charge is 2.48. The molecule has 34 heavy (non-hydrogen) atoms. The number of methoxy groups -OCH3 is 3. The summed E-state index contributed by atoms with van der Waals surface area (Å²) in [5.74, 6) is 0.435. The zero-order valence-electron chi connectivity index (χ0n) is 19.3. The molecule has 2 aromatic carbocycles. The highest BCUT2D eigenvalue weighted by Crippen LogP contribution is 2.43. The normalized spacial score (nSPS) is 17.2. The molecule has 1 fully saturated rings. The van der Waals surface area contributed by atoms with Crippen molar-refractivity contribution < 1.29 is 33.3 Å². The van der Waals surface area contributed by atoms with Crippen molar-refractivity contribution in [2.75, 3.05) is 21.3 Å². The molecular formula is C26H25NO7. The average molecular weight is 463 g/mol. The van der Waals surface area contributed by atoms with E-state index < -0.39 is 17.7 Å². The minimum atomic E-state index is -0.939. The number of likely N-dealkylation sites (tertiary alicyclic amines) is 1. The van der Waals surface area contributed by atoms with Gasteiger partial charge in [0.05, 0.1) is 39.0 Å². The number of carbonyl (C=O) groups excluding carboxylic acids is 2. The first-order chi connectivity index (χ1) is 16.4. The molecule has 2 heterocycles. The molecule has 1 aliphatic rings. The van der Waals surface area contributed by atoms with E-state index in [1.807, 2.05) is 18.2 Å². The van der Waals surface area contributed by atoms with Gasteiger partial charge < -0.3 is 28.6 Å². The number of furan rings is 1. The summed E-state index contributed by atoms with van der Waals surface area (Å²) in [6.45, 7) is 1.85. The fourth-order valence-electron chi connectivity index (χ4n) is 4.10. The Hall–Kier alpha value is -4.20. The van der Waals surface area contributed by atoms with Crippen LogP contribution in [0.25, 0.3) is 5.76 Å². The second kappa shape index (κ2) is 9.35. The summed E-state index contributed by atoms with van der Waals surface area (Å²) in [7, 11) is 4.49. The number of benzene rings is 2. The van der Waals surface area contributed by atoms with E-state index in [9.17, 15) is 14.7 Å². The van der Waals surface area contributed by atoms with E-state index in [2.05, 4.69) is 0 Å². The second-order valence-electron chi connectivity index (χ2n) is 7.75. The van der Waals surface area contributed by atoms with Crippen molar-refractivity contribution in [1.82, 2.24) is 4.90 Å². The maximum absolute atomic E-state index is 13.2. The van der Waals surface area contributed by atoms with Crippen LogP contribution < -0.4 is 14.2 Å². The van der Waals surface area contributed by atoms with Crippen LogP contribution in [0, 0.1) is 6.92 Å². The van der Waals surface area contributed by atoms with Crippen LogP contribution >= 0.6 is 0 Å². The van der Waals surface area contributed by atoms with E-state index in [-0.39, 0.29) is 23.4 Å². The van der Waals surface area contributed by atoms with Gasteiger partial charge in [-0.1, -0.05) is 18.2 Å². The van der Waals surface area contributed by atoms with E-state index in [1.165, 1.54) is 26.2 Å². The molecule has 0 radical (unpaired) electrons. The maximum atomic E-state index is 13.2. The van der Waals surface area contributed by atoms with Gasteiger partial charge in [0.2, 0.25) is 0 Å². The van der Waals surface area contributed by atoms with Crippen molar-refractivity contribution in [1.29, 1.82) is 0 Å². The number of hydrogen-bond donors (Lipinski definition) is 1. The van der Waals surface area contributed by atoms with Crippen LogP contribution in [0.3, 0.4) is 0 Å². The summed E-state index contributed by atoms with van der Waals surface area (Å²) in [5, 5.41) is 11.3. The molecule has 1 N–H and O–H groups in total. The lowest BCUT2D eigenvalue weighted by molar-refractivity contribution is -0.140. The number of aryl methyl sites for hydroxylation is 1. The number of hydrogen-bond acceptors (Lipinski definition) is 7. The number of carbonyl (C=O) groups is 2. The van der Waals surface area contributed by atoms with Crippen LogP contribution in [0.2, 0.25) is 0 Å². The minimum absolute atomic E-state index is 0.0789. The van der Waals surface area contributed by atoms with E-state index >= 15 is 0 Å². The third kappa shape index (κ3) is 3.98. The molecule has 1 atom stereocenters. The number of amides is 1. The predicted molar refractivity (Wildman–Crippen MR) is 124 cm³/mol. The molecule has 4 rings (SSSR count). The largest absolute Gasteiger partial charge is 0.507 e. The van der Waals surface area contributed by atoms with Crippen molar-refractivity contribution in [2.45, 2.75) is 19.5 Å². The third-order valence-corrected chi connectivity index (χ3v) is 5.77. The smallest absolute Gasteiger partial charge is 0.296 e. The Morgan fingerprint density at radius 2 is 1.71 bits per heavy atom. The van der Waals surface area contributed by atoms with Crippen molar-refractivity contribution >= 4 is 17.4 Å². The fourth-order valence-corrected chi connectivity index (χ4v) is 4.10. The van der Waals surface area contributed by atoms with Crippen LogP contribution in [0.5, 0.6) is 17.2 Å². The molecule has 8 nitrogen and oxygen atoms in total. The SMILES string of the molecule is COc1ccc(/C(O)=C2\C(=O)C(=O)N(Cc3ccccc3OC)C2c2ccc(C)o2)c(OC)c1. The van der Waals surface area contributed by atoms with Gasteiger partial charge in [-0.05, 0) is 37.3 Å². The van der Waals surface area contributed by atoms with Crippen LogP contribution in [0.1, 0.15) is 28.7 Å². The molecule has 0 aliphatic carbocycles. The molecule has 1 aromatic heterocycles. The van der Waals surface area contributed by atoms with Gasteiger partial charge in [-0.15, -0.1) is 0 Å². The number of Topliss-reactive ketones (excluding diaryl/α,β-unsaturated/α-hetero) is 1. The Kier molecular flexibility index (Phi) is 6.32. The fraction of sp³-hybridized carbons (Fsp3) is 0.231. The quantitative estimate of drug-likeness (QED) is 0.318. The summed E-state index contributed by atoms with van der Waals surface area (Å²) < 4.78 is 21.9. The molecular weight excluding hydrogens is 438 g/mol. The number of rotatable bonds is 7. The monoisotopic (exact) mass is 463 g/mol.